The van der Waals surface area contributed by atoms with Gasteiger partial charge in [0.1, 0.15) is 0 Å². The number of aryl methyl sites for hydroxylation is 1. The summed E-state index contributed by atoms with van der Waals surface area (Å²) in [4.78, 5) is 0. The summed E-state index contributed by atoms with van der Waals surface area (Å²) in [6.07, 6.45) is 14.1. The van der Waals surface area contributed by atoms with Crippen LogP contribution in [0.15, 0.2) is 102 Å². The average molecular weight is 616 g/mol. The summed E-state index contributed by atoms with van der Waals surface area (Å²) >= 11 is 0. The van der Waals surface area contributed by atoms with Crippen molar-refractivity contribution in [3.05, 3.63) is 135 Å². The van der Waals surface area contributed by atoms with Crippen molar-refractivity contribution in [2.75, 3.05) is 7.05 Å². The van der Waals surface area contributed by atoms with Crippen molar-refractivity contribution in [2.24, 2.45) is 11.1 Å². The molecule has 246 valence electrons. The van der Waals surface area contributed by atoms with Gasteiger partial charge in [0.25, 0.3) is 0 Å². The summed E-state index contributed by atoms with van der Waals surface area (Å²) in [6.45, 7) is 31.5. The molecule has 0 spiro atoms. The third-order valence-corrected chi connectivity index (χ3v) is 9.66. The molecule has 0 radical (unpaired) electrons. The zero-order chi connectivity index (χ0) is 34.8. The van der Waals surface area contributed by atoms with Crippen LogP contribution >= 0.6 is 0 Å². The predicted octanol–water partition coefficient (Wildman–Crippen LogP) is 12.5. The van der Waals surface area contributed by atoms with Crippen LogP contribution in [0.4, 0.5) is 0 Å². The van der Waals surface area contributed by atoms with E-state index in [4.69, 9.17) is 0 Å². The maximum absolute atomic E-state index is 4.50. The fourth-order valence-corrected chi connectivity index (χ4v) is 7.45. The number of nitrogens with two attached hydrogens (primary N) is 1. The lowest BCUT2D eigenvalue weighted by Crippen LogP contribution is -2.27. The first-order valence-electron chi connectivity index (χ1n) is 17.3. The Morgan fingerprint density at radius 2 is 1.39 bits per heavy atom. The number of rotatable bonds is 4. The van der Waals surface area contributed by atoms with Crippen LogP contribution < -0.4 is 5.73 Å². The molecule has 0 saturated carbocycles. The Labute approximate surface area is 282 Å². The predicted molar refractivity (Wildman–Crippen MR) is 207 cm³/mol. The molecule has 3 aromatic rings. The van der Waals surface area contributed by atoms with Gasteiger partial charge in [0.05, 0.1) is 5.41 Å². The smallest absolute Gasteiger partial charge is 0.0647 e. The molecule has 0 fully saturated rings. The van der Waals surface area contributed by atoms with Gasteiger partial charge in [-0.15, -0.1) is 0 Å². The van der Waals surface area contributed by atoms with E-state index in [1.165, 1.54) is 73.5 Å². The van der Waals surface area contributed by atoms with Crippen molar-refractivity contribution in [3.63, 3.8) is 0 Å². The molecule has 5 rings (SSSR count). The Morgan fingerprint density at radius 3 is 1.89 bits per heavy atom. The van der Waals surface area contributed by atoms with Crippen LogP contribution in [0.3, 0.4) is 0 Å². The van der Waals surface area contributed by atoms with E-state index in [1.54, 1.807) is 0 Å². The first-order chi connectivity index (χ1) is 21.6. The van der Waals surface area contributed by atoms with Gasteiger partial charge in [0, 0.05) is 5.41 Å². The van der Waals surface area contributed by atoms with E-state index >= 15 is 0 Å². The molecular formula is C45H61N. The number of benzene rings is 3. The molecule has 3 aromatic carbocycles. The van der Waals surface area contributed by atoms with Crippen LogP contribution in [0.2, 0.25) is 0 Å². The SMILES string of the molecule is C/C=C\C(=C/C1(c2ccc(C(C)(C)C)cc2)C(=C/C)/C2=C(/C=C/C)C(C)(C)c3cc(C)cc4ccc1c2c34)C(C)(C)C.CC.CN. The Morgan fingerprint density at radius 1 is 0.783 bits per heavy atom. The standard InChI is InChI=1S/C42H50.C2H6.CH5N/c1-13-16-31(40(8,9)10)26-42(30-21-19-29(20-22-30)39(5,6)7)32(15-3)37-33(17-14-2)41(11,12)35-25-27(4)24-28-18-23-34(42)38(37)36(28)35;2*1-2/h13-26H,1-12H3;1-2H3;2H2,1H3/b16-13-,17-14+,31-26+,32-15+;;. The molecule has 46 heavy (non-hydrogen) atoms. The molecule has 0 bridgehead atoms. The van der Waals surface area contributed by atoms with E-state index in [0.29, 0.717) is 0 Å². The molecule has 1 heteroatoms. The minimum Gasteiger partial charge on any atom is -0.333 e. The number of allylic oxidation sites excluding steroid dienone is 10. The quantitative estimate of drug-likeness (QED) is 0.290. The summed E-state index contributed by atoms with van der Waals surface area (Å²) < 4.78 is 0. The van der Waals surface area contributed by atoms with Crippen molar-refractivity contribution in [1.29, 1.82) is 0 Å². The molecule has 2 aliphatic rings. The van der Waals surface area contributed by atoms with E-state index < -0.39 is 5.41 Å². The third-order valence-electron chi connectivity index (χ3n) is 9.66. The zero-order valence-electron chi connectivity index (χ0n) is 31.7. The van der Waals surface area contributed by atoms with Gasteiger partial charge in [-0.25, -0.2) is 0 Å². The molecular weight excluding hydrogens is 555 g/mol. The van der Waals surface area contributed by atoms with Gasteiger partial charge >= 0.3 is 0 Å². The lowest BCUT2D eigenvalue weighted by Gasteiger charge is -2.36. The molecule has 1 nitrogen and oxygen atoms in total. The highest BCUT2D eigenvalue weighted by Gasteiger charge is 2.51. The molecule has 0 aliphatic heterocycles. The minimum atomic E-state index is -0.415. The molecule has 0 amide bonds. The Hall–Kier alpha value is -3.42. The summed E-state index contributed by atoms with van der Waals surface area (Å²) in [5, 5.41) is 2.77. The van der Waals surface area contributed by atoms with Crippen LogP contribution in [-0.2, 0) is 16.2 Å². The van der Waals surface area contributed by atoms with Crippen LogP contribution in [0.25, 0.3) is 16.3 Å². The van der Waals surface area contributed by atoms with E-state index in [-0.39, 0.29) is 16.2 Å². The van der Waals surface area contributed by atoms with Gasteiger partial charge in [-0.3, -0.25) is 0 Å². The van der Waals surface area contributed by atoms with Crippen molar-refractivity contribution in [2.45, 2.75) is 113 Å². The number of hydrogen-bond donors (Lipinski definition) is 1. The highest BCUT2D eigenvalue weighted by atomic mass is 14.5. The van der Waals surface area contributed by atoms with Gasteiger partial charge in [-0.05, 0) is 106 Å². The van der Waals surface area contributed by atoms with E-state index in [9.17, 15) is 0 Å². The molecule has 1 unspecified atom stereocenters. The Kier molecular flexibility index (Phi) is 11.1. The molecule has 0 heterocycles. The Bertz CT molecular complexity index is 1720. The zero-order valence-corrected chi connectivity index (χ0v) is 31.7. The number of hydrogen-bond acceptors (Lipinski definition) is 1. The maximum atomic E-state index is 4.50. The summed E-state index contributed by atoms with van der Waals surface area (Å²) in [5.74, 6) is 0. The first-order valence-corrected chi connectivity index (χ1v) is 17.3. The van der Waals surface area contributed by atoms with Crippen molar-refractivity contribution < 1.29 is 0 Å². The van der Waals surface area contributed by atoms with Crippen molar-refractivity contribution in [3.8, 4) is 0 Å². The lowest BCUT2D eigenvalue weighted by atomic mass is 9.66. The molecule has 0 saturated heterocycles. The van der Waals surface area contributed by atoms with Crippen LogP contribution in [-0.4, -0.2) is 7.05 Å². The largest absolute Gasteiger partial charge is 0.333 e. The van der Waals surface area contributed by atoms with E-state index in [2.05, 4.69) is 174 Å². The third kappa shape index (κ3) is 6.04. The van der Waals surface area contributed by atoms with Gasteiger partial charge in [-0.1, -0.05) is 160 Å². The fourth-order valence-electron chi connectivity index (χ4n) is 7.45. The highest BCUT2D eigenvalue weighted by molar-refractivity contribution is 6.11. The van der Waals surface area contributed by atoms with Crippen molar-refractivity contribution >= 4 is 16.3 Å². The highest BCUT2D eigenvalue weighted by Crippen LogP contribution is 2.62. The minimum absolute atomic E-state index is 0.0128. The van der Waals surface area contributed by atoms with Crippen molar-refractivity contribution in [1.82, 2.24) is 0 Å². The van der Waals surface area contributed by atoms with Gasteiger partial charge in [0.15, 0.2) is 0 Å². The van der Waals surface area contributed by atoms with E-state index in [1.807, 2.05) is 13.8 Å². The lowest BCUT2D eigenvalue weighted by molar-refractivity contribution is 0.510. The fraction of sp³-hybridized carbons (Fsp3) is 0.422. The first kappa shape index (κ1) is 37.0. The second kappa shape index (κ2) is 13.7. The maximum Gasteiger partial charge on any atom is 0.0647 e. The molecule has 2 N–H and O–H groups in total. The van der Waals surface area contributed by atoms with E-state index in [0.717, 1.165) is 0 Å². The summed E-state index contributed by atoms with van der Waals surface area (Å²) in [6, 6.07) is 19.2. The average Bonchev–Trinajstić information content (AvgIpc) is 3.29. The normalized spacial score (nSPS) is 19.9. The Balaban J connectivity index is 0.00000139. The molecule has 2 aliphatic carbocycles. The summed E-state index contributed by atoms with van der Waals surface area (Å²) in [5.41, 5.74) is 17.9. The molecule has 1 atom stereocenters. The van der Waals surface area contributed by atoms with Crippen LogP contribution in [0.5, 0.6) is 0 Å². The summed E-state index contributed by atoms with van der Waals surface area (Å²) in [7, 11) is 1.50. The second-order valence-electron chi connectivity index (χ2n) is 15.0. The second-order valence-corrected chi connectivity index (χ2v) is 15.0. The van der Waals surface area contributed by atoms with Crippen LogP contribution in [0, 0.1) is 12.3 Å². The molecule has 0 aromatic heterocycles. The van der Waals surface area contributed by atoms with Gasteiger partial charge < -0.3 is 5.73 Å². The van der Waals surface area contributed by atoms with Crippen LogP contribution in [0.1, 0.15) is 123 Å². The topological polar surface area (TPSA) is 26.0 Å². The van der Waals surface area contributed by atoms with Gasteiger partial charge in [-0.2, -0.15) is 0 Å². The monoisotopic (exact) mass is 615 g/mol. The van der Waals surface area contributed by atoms with Gasteiger partial charge in [0.2, 0.25) is 0 Å².